The molecule has 1 rings (SSSR count). The first kappa shape index (κ1) is 14.9. The van der Waals surface area contributed by atoms with Gasteiger partial charge in [-0.3, -0.25) is 0 Å². The monoisotopic (exact) mass is 268 g/mol. The predicted molar refractivity (Wildman–Crippen MR) is 74.1 cm³/mol. The minimum atomic E-state index is -0.551. The van der Waals surface area contributed by atoms with E-state index in [2.05, 4.69) is 0 Å². The van der Waals surface area contributed by atoms with Crippen LogP contribution in [0.3, 0.4) is 0 Å². The maximum Gasteiger partial charge on any atom is 0.347 e. The molecule has 4 heteroatoms. The van der Waals surface area contributed by atoms with E-state index in [-0.39, 0.29) is 11.9 Å². The van der Waals surface area contributed by atoms with Gasteiger partial charge in [0.15, 0.2) is 6.10 Å². The molecule has 0 bridgehead atoms. The van der Waals surface area contributed by atoms with Crippen molar-refractivity contribution in [2.24, 2.45) is 5.92 Å². The van der Waals surface area contributed by atoms with Crippen molar-refractivity contribution in [1.82, 2.24) is 0 Å². The molecule has 1 aromatic carbocycles. The highest BCUT2D eigenvalue weighted by atomic mass is 32.2. The summed E-state index contributed by atoms with van der Waals surface area (Å²) in [5, 5.41) is 0. The Morgan fingerprint density at radius 3 is 2.33 bits per heavy atom. The molecule has 1 atom stereocenters. The Labute approximate surface area is 113 Å². The van der Waals surface area contributed by atoms with Crippen molar-refractivity contribution >= 4 is 17.7 Å². The van der Waals surface area contributed by atoms with Gasteiger partial charge in [0.1, 0.15) is 5.75 Å². The van der Waals surface area contributed by atoms with E-state index in [0.717, 1.165) is 0 Å². The number of esters is 1. The second-order valence-corrected chi connectivity index (χ2v) is 5.09. The molecule has 0 saturated carbocycles. The lowest BCUT2D eigenvalue weighted by Gasteiger charge is -2.20. The summed E-state index contributed by atoms with van der Waals surface area (Å²) in [6.45, 7) is 6.05. The van der Waals surface area contributed by atoms with Gasteiger partial charge < -0.3 is 9.47 Å². The predicted octanol–water partition coefficient (Wildman–Crippen LogP) is 3.38. The zero-order valence-electron chi connectivity index (χ0n) is 11.3. The van der Waals surface area contributed by atoms with Crippen LogP contribution in [0.1, 0.15) is 20.8 Å². The molecule has 0 aromatic heterocycles. The van der Waals surface area contributed by atoms with Gasteiger partial charge >= 0.3 is 5.97 Å². The largest absolute Gasteiger partial charge is 0.478 e. The summed E-state index contributed by atoms with van der Waals surface area (Å²) >= 11 is 1.67. The summed E-state index contributed by atoms with van der Waals surface area (Å²) in [6, 6.07) is 7.70. The highest BCUT2D eigenvalue weighted by molar-refractivity contribution is 7.98. The Morgan fingerprint density at radius 1 is 1.28 bits per heavy atom. The Kier molecular flexibility index (Phi) is 6.05. The molecule has 0 fully saturated rings. The molecule has 0 radical (unpaired) electrons. The Balaban J connectivity index is 2.73. The first-order chi connectivity index (χ1) is 8.58. The normalized spacial score (nSPS) is 12.3. The van der Waals surface area contributed by atoms with Crippen LogP contribution in [0, 0.1) is 5.92 Å². The van der Waals surface area contributed by atoms with Gasteiger partial charge in [0.05, 0.1) is 6.61 Å². The van der Waals surface area contributed by atoms with Crippen LogP contribution in [0.15, 0.2) is 29.2 Å². The van der Waals surface area contributed by atoms with Crippen molar-refractivity contribution in [1.29, 1.82) is 0 Å². The van der Waals surface area contributed by atoms with Crippen LogP contribution in [-0.4, -0.2) is 24.9 Å². The van der Waals surface area contributed by atoms with Crippen molar-refractivity contribution in [2.45, 2.75) is 31.8 Å². The molecule has 0 amide bonds. The molecular formula is C14H20O3S. The van der Waals surface area contributed by atoms with Gasteiger partial charge in [0.2, 0.25) is 0 Å². The van der Waals surface area contributed by atoms with Crippen molar-refractivity contribution < 1.29 is 14.3 Å². The van der Waals surface area contributed by atoms with E-state index < -0.39 is 6.10 Å². The first-order valence-corrected chi connectivity index (χ1v) is 7.28. The molecule has 18 heavy (non-hydrogen) atoms. The highest BCUT2D eigenvalue weighted by Crippen LogP contribution is 2.21. The smallest absolute Gasteiger partial charge is 0.347 e. The molecule has 0 aliphatic rings. The number of carbonyl (C=O) groups is 1. The maximum absolute atomic E-state index is 11.8. The van der Waals surface area contributed by atoms with Crippen LogP contribution in [0.2, 0.25) is 0 Å². The fourth-order valence-electron chi connectivity index (χ4n) is 1.48. The van der Waals surface area contributed by atoms with E-state index in [0.29, 0.717) is 12.4 Å². The van der Waals surface area contributed by atoms with Crippen molar-refractivity contribution in [3.8, 4) is 5.75 Å². The molecular weight excluding hydrogens is 248 g/mol. The Hall–Kier alpha value is -1.16. The zero-order valence-corrected chi connectivity index (χ0v) is 12.1. The van der Waals surface area contributed by atoms with E-state index in [1.807, 2.05) is 44.4 Å². The van der Waals surface area contributed by atoms with Crippen LogP contribution in [0.25, 0.3) is 0 Å². The number of hydrogen-bond acceptors (Lipinski definition) is 4. The average molecular weight is 268 g/mol. The third-order valence-corrected chi connectivity index (χ3v) is 3.19. The number of carbonyl (C=O) groups excluding carboxylic acids is 1. The molecule has 0 heterocycles. The van der Waals surface area contributed by atoms with E-state index in [4.69, 9.17) is 9.47 Å². The Morgan fingerprint density at radius 2 is 1.89 bits per heavy atom. The van der Waals surface area contributed by atoms with E-state index >= 15 is 0 Å². The lowest BCUT2D eigenvalue weighted by molar-refractivity contribution is -0.153. The van der Waals surface area contributed by atoms with Crippen molar-refractivity contribution in [3.63, 3.8) is 0 Å². The molecule has 1 aromatic rings. The van der Waals surface area contributed by atoms with Crippen molar-refractivity contribution in [2.75, 3.05) is 12.9 Å². The van der Waals surface area contributed by atoms with Crippen LogP contribution < -0.4 is 4.74 Å². The summed E-state index contributed by atoms with van der Waals surface area (Å²) < 4.78 is 10.7. The van der Waals surface area contributed by atoms with Crippen molar-refractivity contribution in [3.05, 3.63) is 24.3 Å². The quantitative estimate of drug-likeness (QED) is 0.585. The number of hydrogen-bond donors (Lipinski definition) is 0. The van der Waals surface area contributed by atoms with Crippen LogP contribution >= 0.6 is 11.8 Å². The molecule has 3 nitrogen and oxygen atoms in total. The van der Waals surface area contributed by atoms with E-state index in [9.17, 15) is 4.79 Å². The first-order valence-electron chi connectivity index (χ1n) is 6.05. The lowest BCUT2D eigenvalue weighted by atomic mass is 10.1. The number of thioether (sulfide) groups is 1. The average Bonchev–Trinajstić information content (AvgIpc) is 2.36. The van der Waals surface area contributed by atoms with Crippen LogP contribution in [0.5, 0.6) is 5.75 Å². The summed E-state index contributed by atoms with van der Waals surface area (Å²) in [5.74, 6) is 0.463. The molecule has 0 spiro atoms. The fraction of sp³-hybridized carbons (Fsp3) is 0.500. The minimum Gasteiger partial charge on any atom is -0.478 e. The number of rotatable bonds is 6. The molecule has 0 aliphatic heterocycles. The van der Waals surface area contributed by atoms with Crippen LogP contribution in [-0.2, 0) is 9.53 Å². The van der Waals surface area contributed by atoms with Gasteiger partial charge in [0.25, 0.3) is 0 Å². The standard InChI is InChI=1S/C14H20O3S/c1-5-16-14(15)13(10(2)3)17-11-6-8-12(18-4)9-7-11/h6-10,13H,5H2,1-4H3. The van der Waals surface area contributed by atoms with Gasteiger partial charge in [-0.25, -0.2) is 4.79 Å². The summed E-state index contributed by atoms with van der Waals surface area (Å²) in [7, 11) is 0. The molecule has 0 N–H and O–H groups in total. The van der Waals surface area contributed by atoms with Gasteiger partial charge in [0, 0.05) is 10.8 Å². The summed E-state index contributed by atoms with van der Waals surface area (Å²) in [5.41, 5.74) is 0. The van der Waals surface area contributed by atoms with Crippen LogP contribution in [0.4, 0.5) is 0 Å². The van der Waals surface area contributed by atoms with Gasteiger partial charge in [-0.1, -0.05) is 13.8 Å². The SMILES string of the molecule is CCOC(=O)C(Oc1ccc(SC)cc1)C(C)C. The van der Waals surface area contributed by atoms with Gasteiger partial charge in [-0.05, 0) is 37.4 Å². The molecule has 100 valence electrons. The third kappa shape index (κ3) is 4.26. The highest BCUT2D eigenvalue weighted by Gasteiger charge is 2.25. The molecule has 1 unspecified atom stereocenters. The topological polar surface area (TPSA) is 35.5 Å². The Bertz CT molecular complexity index is 373. The summed E-state index contributed by atoms with van der Waals surface area (Å²) in [6.07, 6.45) is 1.47. The second-order valence-electron chi connectivity index (χ2n) is 4.21. The van der Waals surface area contributed by atoms with Gasteiger partial charge in [-0.2, -0.15) is 0 Å². The second kappa shape index (κ2) is 7.31. The lowest BCUT2D eigenvalue weighted by Crippen LogP contribution is -2.34. The summed E-state index contributed by atoms with van der Waals surface area (Å²) in [4.78, 5) is 12.9. The number of ether oxygens (including phenoxy) is 2. The maximum atomic E-state index is 11.8. The van der Waals surface area contributed by atoms with E-state index in [1.165, 1.54) is 4.90 Å². The minimum absolute atomic E-state index is 0.0734. The molecule has 0 saturated heterocycles. The van der Waals surface area contributed by atoms with Gasteiger partial charge in [-0.15, -0.1) is 11.8 Å². The van der Waals surface area contributed by atoms with E-state index in [1.54, 1.807) is 18.7 Å². The third-order valence-electron chi connectivity index (χ3n) is 2.45. The molecule has 0 aliphatic carbocycles. The fourth-order valence-corrected chi connectivity index (χ4v) is 1.89. The zero-order chi connectivity index (χ0) is 13.5. The number of benzene rings is 1.